The van der Waals surface area contributed by atoms with Gasteiger partial charge >= 0.3 is 18.9 Å². The van der Waals surface area contributed by atoms with Gasteiger partial charge in [0.15, 0.2) is 0 Å². The fourth-order valence-electron chi connectivity index (χ4n) is 1.33. The molecule has 1 aliphatic rings. The van der Waals surface area contributed by atoms with Crippen molar-refractivity contribution in [2.45, 2.75) is 32.6 Å². The molecule has 0 atom stereocenters. The third-order valence-corrected chi connectivity index (χ3v) is 2.14. The molecule has 1 heteroatoms. The van der Waals surface area contributed by atoms with Crippen LogP contribution < -0.4 is 18.9 Å². The average molecular weight is 118 g/mol. The maximum Gasteiger partial charge on any atom is 1.00 e. The number of hydrogen-bond acceptors (Lipinski definition) is 0. The third kappa shape index (κ3) is 3.33. The van der Waals surface area contributed by atoms with Gasteiger partial charge in [-0.25, -0.2) is 0 Å². The molecule has 0 radical (unpaired) electrons. The minimum Gasteiger partial charge on any atom is -0.340 e. The van der Waals surface area contributed by atoms with Gasteiger partial charge in [0.1, 0.15) is 0 Å². The maximum atomic E-state index is 4.03. The quantitative estimate of drug-likeness (QED) is 0.301. The molecule has 9 heavy (non-hydrogen) atoms. The van der Waals surface area contributed by atoms with Crippen molar-refractivity contribution in [1.29, 1.82) is 0 Å². The molecule has 0 bridgehead atoms. The van der Waals surface area contributed by atoms with Gasteiger partial charge < -0.3 is 6.92 Å². The van der Waals surface area contributed by atoms with Gasteiger partial charge in [0.05, 0.1) is 0 Å². The average Bonchev–Trinajstić information content (AvgIpc) is 1.77. The first-order valence-electron chi connectivity index (χ1n) is 3.62. The standard InChI is InChI=1S/C8H15.Li/c1-7-3-5-8(2)6-4-7;/h7-8H,1,3-6H2,2H3;/q-1;+1. The van der Waals surface area contributed by atoms with Gasteiger partial charge in [0.25, 0.3) is 0 Å². The molecule has 0 aromatic carbocycles. The molecule has 1 rings (SSSR count). The second-order valence-electron chi connectivity index (χ2n) is 3.13. The van der Waals surface area contributed by atoms with Crippen LogP contribution >= 0.6 is 0 Å². The normalized spacial score (nSPS) is 35.3. The van der Waals surface area contributed by atoms with E-state index < -0.39 is 0 Å². The van der Waals surface area contributed by atoms with Crippen LogP contribution in [0.2, 0.25) is 0 Å². The Hall–Kier alpha value is 0.597. The summed E-state index contributed by atoms with van der Waals surface area (Å²) in [5, 5.41) is 0. The van der Waals surface area contributed by atoms with Crippen LogP contribution in [0.15, 0.2) is 0 Å². The second-order valence-corrected chi connectivity index (χ2v) is 3.13. The molecule has 1 saturated carbocycles. The van der Waals surface area contributed by atoms with E-state index in [-0.39, 0.29) is 18.9 Å². The predicted molar refractivity (Wildman–Crippen MR) is 36.5 cm³/mol. The van der Waals surface area contributed by atoms with E-state index in [4.69, 9.17) is 0 Å². The first kappa shape index (κ1) is 9.60. The van der Waals surface area contributed by atoms with Crippen LogP contribution in [0.5, 0.6) is 0 Å². The zero-order chi connectivity index (χ0) is 5.98. The van der Waals surface area contributed by atoms with Crippen LogP contribution in [-0.4, -0.2) is 0 Å². The second kappa shape index (κ2) is 4.42. The summed E-state index contributed by atoms with van der Waals surface area (Å²) in [5.74, 6) is 1.75. The van der Waals surface area contributed by atoms with Crippen molar-refractivity contribution in [2.24, 2.45) is 11.8 Å². The van der Waals surface area contributed by atoms with Gasteiger partial charge in [-0.1, -0.05) is 32.6 Å². The summed E-state index contributed by atoms with van der Waals surface area (Å²) in [5.41, 5.74) is 0. The molecule has 0 heterocycles. The van der Waals surface area contributed by atoms with Gasteiger partial charge in [-0.15, -0.1) is 0 Å². The Bertz CT molecular complexity index is 53.0. The zero-order valence-electron chi connectivity index (χ0n) is 6.69. The first-order valence-corrected chi connectivity index (χ1v) is 3.62. The van der Waals surface area contributed by atoms with Gasteiger partial charge in [-0.2, -0.15) is 5.92 Å². The van der Waals surface area contributed by atoms with E-state index in [0.717, 1.165) is 11.8 Å². The molecule has 48 valence electrons. The molecule has 0 N–H and O–H groups in total. The van der Waals surface area contributed by atoms with Crippen molar-refractivity contribution in [3.05, 3.63) is 6.92 Å². The number of hydrogen-bond donors (Lipinski definition) is 0. The Morgan fingerprint density at radius 2 is 1.56 bits per heavy atom. The minimum atomic E-state index is 0. The van der Waals surface area contributed by atoms with Crippen molar-refractivity contribution in [3.63, 3.8) is 0 Å². The zero-order valence-corrected chi connectivity index (χ0v) is 6.69. The summed E-state index contributed by atoms with van der Waals surface area (Å²) in [6, 6.07) is 0. The van der Waals surface area contributed by atoms with E-state index in [0.29, 0.717) is 0 Å². The van der Waals surface area contributed by atoms with E-state index in [9.17, 15) is 0 Å². The van der Waals surface area contributed by atoms with E-state index in [1.54, 1.807) is 0 Å². The Balaban J connectivity index is 0.000000640. The summed E-state index contributed by atoms with van der Waals surface area (Å²) < 4.78 is 0. The van der Waals surface area contributed by atoms with Gasteiger partial charge in [-0.3, -0.25) is 0 Å². The van der Waals surface area contributed by atoms with Crippen LogP contribution in [0, 0.1) is 18.8 Å². The molecule has 0 aromatic rings. The monoisotopic (exact) mass is 118 g/mol. The number of rotatable bonds is 0. The smallest absolute Gasteiger partial charge is 0.340 e. The van der Waals surface area contributed by atoms with Crippen LogP contribution in [0.1, 0.15) is 32.6 Å². The minimum absolute atomic E-state index is 0. The molecular formula is C8H15Li. The fraction of sp³-hybridized carbons (Fsp3) is 0.875. The van der Waals surface area contributed by atoms with Gasteiger partial charge in [-0.05, 0) is 5.92 Å². The van der Waals surface area contributed by atoms with Crippen LogP contribution in [0.25, 0.3) is 0 Å². The first-order chi connectivity index (χ1) is 3.79. The Morgan fingerprint density at radius 1 is 1.11 bits per heavy atom. The Labute approximate surface area is 70.6 Å². The fourth-order valence-corrected chi connectivity index (χ4v) is 1.33. The molecule has 0 amide bonds. The Kier molecular flexibility index (Phi) is 4.71. The third-order valence-electron chi connectivity index (χ3n) is 2.14. The van der Waals surface area contributed by atoms with Crippen LogP contribution in [0.3, 0.4) is 0 Å². The van der Waals surface area contributed by atoms with Gasteiger partial charge in [0.2, 0.25) is 0 Å². The topological polar surface area (TPSA) is 0 Å². The van der Waals surface area contributed by atoms with Crippen molar-refractivity contribution < 1.29 is 18.9 Å². The molecule has 0 saturated heterocycles. The van der Waals surface area contributed by atoms with E-state index >= 15 is 0 Å². The van der Waals surface area contributed by atoms with Crippen molar-refractivity contribution in [2.75, 3.05) is 0 Å². The van der Waals surface area contributed by atoms with Crippen LogP contribution in [0.4, 0.5) is 0 Å². The molecule has 0 nitrogen and oxygen atoms in total. The van der Waals surface area contributed by atoms with Crippen molar-refractivity contribution in [3.8, 4) is 0 Å². The molecule has 0 spiro atoms. The van der Waals surface area contributed by atoms with Crippen LogP contribution in [-0.2, 0) is 0 Å². The van der Waals surface area contributed by atoms with Crippen molar-refractivity contribution in [1.82, 2.24) is 0 Å². The predicted octanol–water partition coefficient (Wildman–Crippen LogP) is -0.349. The van der Waals surface area contributed by atoms with Crippen molar-refractivity contribution >= 4 is 0 Å². The SMILES string of the molecule is [CH2-]C1CCC(C)CC1.[Li+]. The van der Waals surface area contributed by atoms with E-state index in [2.05, 4.69) is 13.8 Å². The maximum absolute atomic E-state index is 4.03. The molecule has 0 aromatic heterocycles. The summed E-state index contributed by atoms with van der Waals surface area (Å²) in [4.78, 5) is 0. The van der Waals surface area contributed by atoms with E-state index in [1.165, 1.54) is 25.7 Å². The largest absolute Gasteiger partial charge is 1.00 e. The summed E-state index contributed by atoms with van der Waals surface area (Å²) in [6.45, 7) is 6.37. The molecular weight excluding hydrogens is 103 g/mol. The Morgan fingerprint density at radius 3 is 1.89 bits per heavy atom. The summed E-state index contributed by atoms with van der Waals surface area (Å²) in [7, 11) is 0. The molecule has 0 aliphatic heterocycles. The molecule has 1 aliphatic carbocycles. The molecule has 0 unspecified atom stereocenters. The summed E-state index contributed by atoms with van der Waals surface area (Å²) >= 11 is 0. The van der Waals surface area contributed by atoms with Gasteiger partial charge in [0, 0.05) is 0 Å². The summed E-state index contributed by atoms with van der Waals surface area (Å²) in [6.07, 6.45) is 5.55. The van der Waals surface area contributed by atoms with E-state index in [1.807, 2.05) is 0 Å². The molecule has 1 fully saturated rings.